The second-order valence-corrected chi connectivity index (χ2v) is 5.38. The minimum Gasteiger partial charge on any atom is -0.399 e. The smallest absolute Gasteiger partial charge is 0.0702 e. The van der Waals surface area contributed by atoms with Gasteiger partial charge in [-0.2, -0.15) is 0 Å². The van der Waals surface area contributed by atoms with Crippen LogP contribution in [0.15, 0.2) is 24.3 Å². The van der Waals surface area contributed by atoms with Crippen molar-refractivity contribution >= 4 is 5.69 Å². The van der Waals surface area contributed by atoms with Gasteiger partial charge in [0.2, 0.25) is 0 Å². The van der Waals surface area contributed by atoms with Crippen LogP contribution in [0.3, 0.4) is 0 Å². The number of nitrogens with zero attached hydrogens (tertiary/aromatic N) is 1. The molecule has 1 fully saturated rings. The zero-order valence-corrected chi connectivity index (χ0v) is 12.0. The largest absolute Gasteiger partial charge is 0.399 e. The topological polar surface area (TPSA) is 38.5 Å². The van der Waals surface area contributed by atoms with Crippen molar-refractivity contribution in [3.05, 3.63) is 29.8 Å². The van der Waals surface area contributed by atoms with Crippen molar-refractivity contribution in [3.8, 4) is 0 Å². The number of rotatable bonds is 6. The van der Waals surface area contributed by atoms with Crippen molar-refractivity contribution in [2.75, 3.05) is 32.0 Å². The number of anilines is 1. The Morgan fingerprint density at radius 1 is 1.37 bits per heavy atom. The minimum absolute atomic E-state index is 0.432. The molecule has 106 valence electrons. The molecule has 1 aromatic carbocycles. The number of hydrogen-bond donors (Lipinski definition) is 1. The van der Waals surface area contributed by atoms with E-state index < -0.39 is 0 Å². The molecule has 1 aliphatic rings. The highest BCUT2D eigenvalue weighted by Crippen LogP contribution is 2.16. The molecule has 2 N–H and O–H groups in total. The molecule has 0 spiro atoms. The van der Waals surface area contributed by atoms with Crippen LogP contribution in [-0.4, -0.2) is 37.2 Å². The first kappa shape index (κ1) is 14.4. The lowest BCUT2D eigenvalue weighted by Crippen LogP contribution is -2.40. The number of nitrogen functional groups attached to an aromatic ring is 1. The summed E-state index contributed by atoms with van der Waals surface area (Å²) in [5, 5.41) is 0. The molecule has 0 saturated carbocycles. The maximum absolute atomic E-state index is 5.99. The zero-order valence-electron chi connectivity index (χ0n) is 12.0. The second kappa shape index (κ2) is 7.51. The van der Waals surface area contributed by atoms with Crippen LogP contribution in [0.1, 0.15) is 31.7 Å². The van der Waals surface area contributed by atoms with Crippen LogP contribution in [0, 0.1) is 0 Å². The van der Waals surface area contributed by atoms with Crippen LogP contribution in [-0.2, 0) is 11.2 Å². The lowest BCUT2D eigenvalue weighted by Gasteiger charge is -2.32. The molecule has 0 aromatic heterocycles. The summed E-state index contributed by atoms with van der Waals surface area (Å²) in [7, 11) is 0. The van der Waals surface area contributed by atoms with Gasteiger partial charge in [0.15, 0.2) is 0 Å². The molecule has 1 aliphatic heterocycles. The summed E-state index contributed by atoms with van der Waals surface area (Å²) in [6.45, 7) is 6.41. The highest BCUT2D eigenvalue weighted by atomic mass is 16.5. The number of nitrogens with two attached hydrogens (primary N) is 1. The number of ether oxygens (including phenoxy) is 1. The van der Waals surface area contributed by atoms with Gasteiger partial charge in [0.05, 0.1) is 6.10 Å². The van der Waals surface area contributed by atoms with Gasteiger partial charge < -0.3 is 15.4 Å². The van der Waals surface area contributed by atoms with Crippen LogP contribution in [0.5, 0.6) is 0 Å². The van der Waals surface area contributed by atoms with Crippen molar-refractivity contribution < 1.29 is 4.74 Å². The third-order valence-electron chi connectivity index (χ3n) is 3.77. The Morgan fingerprint density at radius 2 is 2.21 bits per heavy atom. The first-order valence-corrected chi connectivity index (χ1v) is 7.47. The lowest BCUT2D eigenvalue weighted by molar-refractivity contribution is 0.000335. The summed E-state index contributed by atoms with van der Waals surface area (Å²) in [6.07, 6.45) is 5.04. The molecule has 1 saturated heterocycles. The van der Waals surface area contributed by atoms with Gasteiger partial charge >= 0.3 is 0 Å². The number of benzene rings is 1. The molecule has 3 nitrogen and oxygen atoms in total. The predicted molar refractivity (Wildman–Crippen MR) is 80.3 cm³/mol. The molecule has 1 heterocycles. The normalized spacial score (nSPS) is 20.6. The summed E-state index contributed by atoms with van der Waals surface area (Å²) < 4.78 is 5.87. The molecular weight excluding hydrogens is 236 g/mol. The van der Waals surface area contributed by atoms with E-state index in [1.54, 1.807) is 0 Å². The standard InChI is InChI=1S/C16H26N2O/c1-2-12-19-15-7-5-10-18(13-15)11-9-14-6-3-4-8-16(14)17/h3-4,6,8,15H,2,5,7,9-13,17H2,1H3. The Labute approximate surface area is 116 Å². The number of para-hydroxylation sites is 1. The Kier molecular flexibility index (Phi) is 5.67. The second-order valence-electron chi connectivity index (χ2n) is 5.38. The van der Waals surface area contributed by atoms with E-state index in [4.69, 9.17) is 10.5 Å². The monoisotopic (exact) mass is 262 g/mol. The van der Waals surface area contributed by atoms with E-state index in [-0.39, 0.29) is 0 Å². The molecule has 0 radical (unpaired) electrons. The van der Waals surface area contributed by atoms with Gasteiger partial charge in [-0.1, -0.05) is 25.1 Å². The lowest BCUT2D eigenvalue weighted by atomic mass is 10.1. The van der Waals surface area contributed by atoms with E-state index in [1.807, 2.05) is 12.1 Å². The summed E-state index contributed by atoms with van der Waals surface area (Å²) in [4.78, 5) is 2.51. The van der Waals surface area contributed by atoms with Crippen LogP contribution in [0.4, 0.5) is 5.69 Å². The van der Waals surface area contributed by atoms with E-state index in [0.717, 1.165) is 38.2 Å². The van der Waals surface area contributed by atoms with Gasteiger partial charge in [0.25, 0.3) is 0 Å². The van der Waals surface area contributed by atoms with E-state index in [9.17, 15) is 0 Å². The molecular formula is C16H26N2O. The molecule has 0 bridgehead atoms. The zero-order chi connectivity index (χ0) is 13.5. The Balaban J connectivity index is 1.78. The summed E-state index contributed by atoms with van der Waals surface area (Å²) in [5.41, 5.74) is 8.16. The average molecular weight is 262 g/mol. The van der Waals surface area contributed by atoms with Gasteiger partial charge in [-0.25, -0.2) is 0 Å². The SMILES string of the molecule is CCCOC1CCCN(CCc2ccccc2N)C1. The van der Waals surface area contributed by atoms with Crippen molar-refractivity contribution in [1.82, 2.24) is 4.90 Å². The van der Waals surface area contributed by atoms with Gasteiger partial charge in [0.1, 0.15) is 0 Å². The van der Waals surface area contributed by atoms with Crippen LogP contribution < -0.4 is 5.73 Å². The van der Waals surface area contributed by atoms with E-state index in [0.29, 0.717) is 6.10 Å². The molecule has 0 amide bonds. The van der Waals surface area contributed by atoms with E-state index >= 15 is 0 Å². The highest BCUT2D eigenvalue weighted by Gasteiger charge is 2.19. The molecule has 1 atom stereocenters. The van der Waals surface area contributed by atoms with Crippen molar-refractivity contribution in [3.63, 3.8) is 0 Å². The third kappa shape index (κ3) is 4.51. The quantitative estimate of drug-likeness (QED) is 0.801. The maximum atomic E-state index is 5.99. The molecule has 1 unspecified atom stereocenters. The van der Waals surface area contributed by atoms with Crippen molar-refractivity contribution in [2.24, 2.45) is 0 Å². The van der Waals surface area contributed by atoms with Crippen LogP contribution in [0.2, 0.25) is 0 Å². The molecule has 19 heavy (non-hydrogen) atoms. The Morgan fingerprint density at radius 3 is 3.00 bits per heavy atom. The molecule has 3 heteroatoms. The highest BCUT2D eigenvalue weighted by molar-refractivity contribution is 5.46. The minimum atomic E-state index is 0.432. The van der Waals surface area contributed by atoms with Crippen molar-refractivity contribution in [1.29, 1.82) is 0 Å². The first-order chi connectivity index (χ1) is 9.29. The maximum Gasteiger partial charge on any atom is 0.0702 e. The molecule has 0 aliphatic carbocycles. The Hall–Kier alpha value is -1.06. The number of piperidine rings is 1. The Bertz CT molecular complexity index is 381. The fraction of sp³-hybridized carbons (Fsp3) is 0.625. The average Bonchev–Trinajstić information content (AvgIpc) is 2.45. The van der Waals surface area contributed by atoms with E-state index in [2.05, 4.69) is 24.0 Å². The van der Waals surface area contributed by atoms with Gasteiger partial charge in [-0.05, 0) is 43.9 Å². The fourth-order valence-electron chi connectivity index (χ4n) is 2.68. The third-order valence-corrected chi connectivity index (χ3v) is 3.77. The fourth-order valence-corrected chi connectivity index (χ4v) is 2.68. The van der Waals surface area contributed by atoms with E-state index in [1.165, 1.54) is 24.9 Å². The summed E-state index contributed by atoms with van der Waals surface area (Å²) >= 11 is 0. The summed E-state index contributed by atoms with van der Waals surface area (Å²) in [5.74, 6) is 0. The predicted octanol–water partition coefficient (Wildman–Crippen LogP) is 2.70. The summed E-state index contributed by atoms with van der Waals surface area (Å²) in [6, 6.07) is 8.17. The number of hydrogen-bond acceptors (Lipinski definition) is 3. The van der Waals surface area contributed by atoms with Crippen molar-refractivity contribution in [2.45, 2.75) is 38.7 Å². The van der Waals surface area contributed by atoms with Gasteiger partial charge in [-0.15, -0.1) is 0 Å². The first-order valence-electron chi connectivity index (χ1n) is 7.47. The van der Waals surface area contributed by atoms with Gasteiger partial charge in [-0.3, -0.25) is 0 Å². The molecule has 2 rings (SSSR count). The van der Waals surface area contributed by atoms with Crippen LogP contribution >= 0.6 is 0 Å². The van der Waals surface area contributed by atoms with Gasteiger partial charge in [0, 0.05) is 25.4 Å². The molecule has 1 aromatic rings. The van der Waals surface area contributed by atoms with Crippen LogP contribution in [0.25, 0.3) is 0 Å². The number of likely N-dealkylation sites (tertiary alicyclic amines) is 1.